The van der Waals surface area contributed by atoms with Gasteiger partial charge in [-0.25, -0.2) is 19.1 Å². The fourth-order valence-electron chi connectivity index (χ4n) is 3.40. The quantitative estimate of drug-likeness (QED) is 0.336. The molecule has 1 N–H and O–H groups in total. The lowest BCUT2D eigenvalue weighted by atomic mass is 9.96. The summed E-state index contributed by atoms with van der Waals surface area (Å²) < 4.78 is 9.71. The zero-order valence-electron chi connectivity index (χ0n) is 15.7. The minimum Gasteiger partial charge on any atom is -0.480 e. The van der Waals surface area contributed by atoms with Crippen LogP contribution < -0.4 is 0 Å². The molecule has 0 aliphatic carbocycles. The summed E-state index contributed by atoms with van der Waals surface area (Å²) in [6, 6.07) is -1.15. The minimum atomic E-state index is -1.19. The van der Waals surface area contributed by atoms with Gasteiger partial charge >= 0.3 is 17.9 Å². The highest BCUT2D eigenvalue weighted by molar-refractivity contribution is 8.01. The Balaban J connectivity index is 1.96. The highest BCUT2D eigenvalue weighted by Crippen LogP contribution is 2.51. The van der Waals surface area contributed by atoms with Gasteiger partial charge in [-0.15, -0.1) is 29.7 Å². The number of ether oxygens (including phenoxy) is 2. The van der Waals surface area contributed by atoms with Gasteiger partial charge in [0.2, 0.25) is 11.6 Å². The van der Waals surface area contributed by atoms with Crippen LogP contribution in [-0.4, -0.2) is 78.2 Å². The lowest BCUT2D eigenvalue weighted by molar-refractivity contribution is -0.157. The van der Waals surface area contributed by atoms with Crippen molar-refractivity contribution >= 4 is 35.6 Å². The number of hydrogen-bond acceptors (Lipinski definition) is 9. The monoisotopic (exact) mass is 432 g/mol. The number of esters is 2. The van der Waals surface area contributed by atoms with Crippen molar-refractivity contribution in [2.24, 2.45) is 0 Å². The van der Waals surface area contributed by atoms with Crippen molar-refractivity contribution in [3.8, 4) is 24.7 Å². The second kappa shape index (κ2) is 8.08. The maximum atomic E-state index is 12.5. The molecule has 0 radical (unpaired) electrons. The smallest absolute Gasteiger partial charge is 0.362 e. The molecule has 2 aliphatic heterocycles. The van der Waals surface area contributed by atoms with E-state index in [2.05, 4.69) is 22.2 Å². The third kappa shape index (κ3) is 3.57. The van der Waals surface area contributed by atoms with E-state index < -0.39 is 34.4 Å². The number of terminal acetylenes is 2. The summed E-state index contributed by atoms with van der Waals surface area (Å²) in [6.07, 6.45) is 10.4. The van der Waals surface area contributed by atoms with Gasteiger partial charge in [-0.2, -0.15) is 0 Å². The number of aromatic nitrogens is 3. The summed E-state index contributed by atoms with van der Waals surface area (Å²) in [5, 5.41) is 16.9. The standard InChI is InChI=1S/C18H16N4O7S/c1-4-6-28-16(26)12-13(17(27)29-7-5-2)21(20-19-12)9-18(3)14(15(24)25)22-10(23)8-11(22)30-18/h1-2,11,14H,6-9H2,3H3,(H,24,25)/t11-,14-,18-/m0/s1. The van der Waals surface area contributed by atoms with Crippen LogP contribution in [0.5, 0.6) is 0 Å². The third-order valence-electron chi connectivity index (χ3n) is 4.60. The van der Waals surface area contributed by atoms with Crippen molar-refractivity contribution in [1.29, 1.82) is 0 Å². The fourth-order valence-corrected chi connectivity index (χ4v) is 5.14. The Hall–Kier alpha value is -3.51. The number of thioether (sulfide) groups is 1. The number of carboxylic acid groups (broad SMARTS) is 1. The van der Waals surface area contributed by atoms with Gasteiger partial charge in [-0.3, -0.25) is 4.79 Å². The minimum absolute atomic E-state index is 0.148. The first-order valence-corrected chi connectivity index (χ1v) is 9.48. The molecular formula is C18H16N4O7S. The molecule has 2 saturated heterocycles. The van der Waals surface area contributed by atoms with Crippen LogP contribution in [0, 0.1) is 24.7 Å². The van der Waals surface area contributed by atoms with Gasteiger partial charge in [0, 0.05) is 0 Å². The van der Waals surface area contributed by atoms with Crippen molar-refractivity contribution in [3.63, 3.8) is 0 Å². The number of rotatable bonds is 7. The van der Waals surface area contributed by atoms with E-state index in [1.165, 1.54) is 16.7 Å². The second-order valence-electron chi connectivity index (χ2n) is 6.64. The van der Waals surface area contributed by atoms with E-state index in [9.17, 15) is 24.3 Å². The molecule has 156 valence electrons. The van der Waals surface area contributed by atoms with Crippen molar-refractivity contribution in [1.82, 2.24) is 19.9 Å². The Kier molecular flexibility index (Phi) is 5.71. The van der Waals surface area contributed by atoms with Gasteiger partial charge in [0.1, 0.15) is 6.04 Å². The van der Waals surface area contributed by atoms with Crippen LogP contribution in [0.3, 0.4) is 0 Å². The zero-order valence-corrected chi connectivity index (χ0v) is 16.5. The van der Waals surface area contributed by atoms with Gasteiger partial charge < -0.3 is 19.5 Å². The maximum Gasteiger partial charge on any atom is 0.362 e. The molecule has 30 heavy (non-hydrogen) atoms. The van der Waals surface area contributed by atoms with Gasteiger partial charge in [0.05, 0.1) is 23.1 Å². The SMILES string of the molecule is C#CCOC(=O)c1nnn(C[C@]2(C)S[C@H]3CC(=O)N3[C@H]2C(=O)O)c1C(=O)OCC#C. The lowest BCUT2D eigenvalue weighted by Crippen LogP contribution is -2.58. The Bertz CT molecular complexity index is 1010. The third-order valence-corrected chi connectivity index (χ3v) is 6.16. The zero-order chi connectivity index (χ0) is 22.1. The summed E-state index contributed by atoms with van der Waals surface area (Å²) in [5.74, 6) is 0.807. The first-order valence-electron chi connectivity index (χ1n) is 8.60. The Labute approximate surface area is 175 Å². The molecule has 3 rings (SSSR count). The molecule has 12 heteroatoms. The number of carbonyl (C=O) groups is 4. The number of carbonyl (C=O) groups excluding carboxylic acids is 3. The van der Waals surface area contributed by atoms with Crippen LogP contribution in [0.1, 0.15) is 34.3 Å². The summed E-state index contributed by atoms with van der Waals surface area (Å²) in [7, 11) is 0. The van der Waals surface area contributed by atoms with Gasteiger partial charge in [-0.1, -0.05) is 17.1 Å². The molecular weight excluding hydrogens is 416 g/mol. The fraction of sp³-hybridized carbons (Fsp3) is 0.444. The summed E-state index contributed by atoms with van der Waals surface area (Å²) >= 11 is 1.28. The molecule has 2 fully saturated rings. The second-order valence-corrected chi connectivity index (χ2v) is 8.35. The van der Waals surface area contributed by atoms with E-state index in [0.717, 1.165) is 4.68 Å². The topological polar surface area (TPSA) is 141 Å². The van der Waals surface area contributed by atoms with E-state index in [0.29, 0.717) is 0 Å². The van der Waals surface area contributed by atoms with Crippen molar-refractivity contribution in [2.45, 2.75) is 36.1 Å². The van der Waals surface area contributed by atoms with Gasteiger partial charge in [0.25, 0.3) is 0 Å². The van der Waals surface area contributed by atoms with E-state index in [-0.39, 0.29) is 43.2 Å². The van der Waals surface area contributed by atoms with Crippen LogP contribution in [0.25, 0.3) is 0 Å². The molecule has 3 heterocycles. The number of hydrogen-bond donors (Lipinski definition) is 1. The number of aliphatic carboxylic acids is 1. The Morgan fingerprint density at radius 1 is 1.27 bits per heavy atom. The number of nitrogens with zero attached hydrogens (tertiary/aromatic N) is 4. The Morgan fingerprint density at radius 2 is 1.90 bits per heavy atom. The maximum absolute atomic E-state index is 12.5. The molecule has 0 unspecified atom stereocenters. The molecule has 0 bridgehead atoms. The van der Waals surface area contributed by atoms with E-state index in [1.807, 2.05) is 0 Å². The highest BCUT2D eigenvalue weighted by atomic mass is 32.2. The van der Waals surface area contributed by atoms with E-state index in [1.54, 1.807) is 6.92 Å². The molecule has 11 nitrogen and oxygen atoms in total. The van der Waals surface area contributed by atoms with Gasteiger partial charge in [-0.05, 0) is 6.92 Å². The average Bonchev–Trinajstić information content (AvgIpc) is 3.20. The van der Waals surface area contributed by atoms with Crippen LogP contribution >= 0.6 is 11.8 Å². The average molecular weight is 432 g/mol. The largest absolute Gasteiger partial charge is 0.480 e. The Morgan fingerprint density at radius 3 is 2.47 bits per heavy atom. The van der Waals surface area contributed by atoms with Crippen molar-refractivity contribution < 1.29 is 33.8 Å². The van der Waals surface area contributed by atoms with E-state index in [4.69, 9.17) is 22.3 Å². The number of fused-ring (bicyclic) bond motifs is 1. The predicted octanol–water partition coefficient (Wildman–Crippen LogP) is -0.625. The first kappa shape index (κ1) is 21.2. The molecule has 2 aliphatic rings. The molecule has 1 amide bonds. The lowest BCUT2D eigenvalue weighted by Gasteiger charge is -2.36. The summed E-state index contributed by atoms with van der Waals surface area (Å²) in [4.78, 5) is 49.8. The summed E-state index contributed by atoms with van der Waals surface area (Å²) in [6.45, 7) is 0.774. The number of carboxylic acids is 1. The highest BCUT2D eigenvalue weighted by Gasteiger charge is 2.61. The first-order chi connectivity index (χ1) is 14.2. The van der Waals surface area contributed by atoms with Gasteiger partial charge in [0.15, 0.2) is 18.9 Å². The van der Waals surface area contributed by atoms with Crippen LogP contribution in [0.15, 0.2) is 0 Å². The molecule has 0 aromatic carbocycles. The van der Waals surface area contributed by atoms with E-state index >= 15 is 0 Å². The normalized spacial score (nSPS) is 24.2. The molecule has 3 atom stereocenters. The van der Waals surface area contributed by atoms with Crippen molar-refractivity contribution in [2.75, 3.05) is 13.2 Å². The molecule has 0 saturated carbocycles. The predicted molar refractivity (Wildman–Crippen MR) is 101 cm³/mol. The molecule has 1 aromatic heterocycles. The van der Waals surface area contributed by atoms with Crippen LogP contribution in [0.2, 0.25) is 0 Å². The number of β-lactam (4-membered cyclic amide) rings is 1. The summed E-state index contributed by atoms with van der Waals surface area (Å²) in [5.41, 5.74) is -0.788. The van der Waals surface area contributed by atoms with Crippen LogP contribution in [0.4, 0.5) is 0 Å². The number of amides is 1. The molecule has 0 spiro atoms. The van der Waals surface area contributed by atoms with Crippen molar-refractivity contribution in [3.05, 3.63) is 11.4 Å². The molecule has 1 aromatic rings. The van der Waals surface area contributed by atoms with Crippen LogP contribution in [-0.2, 0) is 25.6 Å².